The summed E-state index contributed by atoms with van der Waals surface area (Å²) < 4.78 is 37.4. The number of nitrogens with one attached hydrogen (secondary N) is 1. The maximum absolute atomic E-state index is 13.6. The first-order valence-corrected chi connectivity index (χ1v) is 11.3. The van der Waals surface area contributed by atoms with Gasteiger partial charge in [0.15, 0.2) is 5.54 Å². The Bertz CT molecular complexity index is 1010. The predicted octanol–water partition coefficient (Wildman–Crippen LogP) is 3.84. The molecule has 35 heavy (non-hydrogen) atoms. The van der Waals surface area contributed by atoms with Gasteiger partial charge in [-0.3, -0.25) is 0 Å². The van der Waals surface area contributed by atoms with Gasteiger partial charge in [-0.25, -0.2) is 18.4 Å². The van der Waals surface area contributed by atoms with Crippen LogP contribution in [0.2, 0.25) is 0 Å². The Kier molecular flexibility index (Phi) is 8.08. The van der Waals surface area contributed by atoms with E-state index < -0.39 is 42.3 Å². The standard InChI is InChI=1S/C24H30F2N4O5/c1-16(18-13-19(34-2)28-21(27-18)35-3)30(12-8-7-11-17-9-5-4-6-10-17)22(33)29-23(20(31)32)14-24(25,26)15-23/h4-6,9-10,13,16H,7-8,11-12,14-15H2,1-3H3,(H,29,33)(H,31,32). The molecule has 190 valence electrons. The van der Waals surface area contributed by atoms with Crippen molar-refractivity contribution in [2.24, 2.45) is 0 Å². The number of halogens is 2. The van der Waals surface area contributed by atoms with E-state index in [0.717, 1.165) is 18.4 Å². The summed E-state index contributed by atoms with van der Waals surface area (Å²) in [5, 5.41) is 11.9. The van der Waals surface area contributed by atoms with Crippen molar-refractivity contribution in [3.05, 3.63) is 47.7 Å². The molecule has 11 heteroatoms. The van der Waals surface area contributed by atoms with E-state index in [1.54, 1.807) is 13.0 Å². The molecule has 1 aliphatic rings. The van der Waals surface area contributed by atoms with Crippen LogP contribution in [-0.4, -0.2) is 64.2 Å². The topological polar surface area (TPSA) is 114 Å². The van der Waals surface area contributed by atoms with Gasteiger partial charge >= 0.3 is 18.0 Å². The van der Waals surface area contributed by atoms with Crippen molar-refractivity contribution in [3.8, 4) is 11.9 Å². The molecule has 0 bridgehead atoms. The third-order valence-corrected chi connectivity index (χ3v) is 6.08. The zero-order valence-electron chi connectivity index (χ0n) is 20.0. The van der Waals surface area contributed by atoms with Crippen LogP contribution in [0.25, 0.3) is 0 Å². The third kappa shape index (κ3) is 6.34. The number of benzene rings is 1. The van der Waals surface area contributed by atoms with Crippen molar-refractivity contribution in [3.63, 3.8) is 0 Å². The summed E-state index contributed by atoms with van der Waals surface area (Å²) in [5.74, 6) is -4.40. The molecule has 1 aliphatic carbocycles. The van der Waals surface area contributed by atoms with Crippen LogP contribution in [-0.2, 0) is 11.2 Å². The lowest BCUT2D eigenvalue weighted by Crippen LogP contribution is -2.68. The summed E-state index contributed by atoms with van der Waals surface area (Å²) in [6.45, 7) is 1.96. The van der Waals surface area contributed by atoms with E-state index in [1.807, 2.05) is 30.3 Å². The number of carboxylic acids is 1. The van der Waals surface area contributed by atoms with Crippen molar-refractivity contribution >= 4 is 12.0 Å². The number of alkyl halides is 2. The first-order chi connectivity index (χ1) is 16.6. The Balaban J connectivity index is 1.79. The molecule has 3 rings (SSSR count). The van der Waals surface area contributed by atoms with Gasteiger partial charge in [-0.05, 0) is 31.7 Å². The van der Waals surface area contributed by atoms with Crippen LogP contribution in [0.1, 0.15) is 49.9 Å². The molecular formula is C24H30F2N4O5. The van der Waals surface area contributed by atoms with Gasteiger partial charge in [0.25, 0.3) is 5.92 Å². The van der Waals surface area contributed by atoms with Gasteiger partial charge in [0.05, 0.1) is 26.0 Å². The fourth-order valence-corrected chi connectivity index (χ4v) is 4.12. The number of hydrogen-bond acceptors (Lipinski definition) is 6. The second-order valence-electron chi connectivity index (χ2n) is 8.66. The second kappa shape index (κ2) is 10.8. The van der Waals surface area contributed by atoms with Gasteiger partial charge in [-0.15, -0.1) is 0 Å². The number of aryl methyl sites for hydroxylation is 1. The molecule has 1 heterocycles. The van der Waals surface area contributed by atoms with Crippen LogP contribution in [0.3, 0.4) is 0 Å². The first-order valence-electron chi connectivity index (χ1n) is 11.3. The lowest BCUT2D eigenvalue weighted by molar-refractivity contribution is -0.175. The number of ether oxygens (including phenoxy) is 2. The molecule has 1 aromatic carbocycles. The number of unbranched alkanes of at least 4 members (excludes halogenated alkanes) is 1. The number of nitrogens with zero attached hydrogens (tertiary/aromatic N) is 3. The third-order valence-electron chi connectivity index (χ3n) is 6.08. The van der Waals surface area contributed by atoms with E-state index in [9.17, 15) is 23.5 Å². The van der Waals surface area contributed by atoms with Crippen molar-refractivity contribution in [2.45, 2.75) is 56.5 Å². The lowest BCUT2D eigenvalue weighted by atomic mass is 9.73. The molecule has 1 unspecified atom stereocenters. The molecule has 1 fully saturated rings. The van der Waals surface area contributed by atoms with Gasteiger partial charge in [0, 0.05) is 25.5 Å². The summed E-state index contributed by atoms with van der Waals surface area (Å²) in [6, 6.07) is 10.0. The highest BCUT2D eigenvalue weighted by molar-refractivity contribution is 5.87. The summed E-state index contributed by atoms with van der Waals surface area (Å²) in [7, 11) is 2.82. The first kappa shape index (κ1) is 26.1. The number of aromatic nitrogens is 2. The highest BCUT2D eigenvalue weighted by Gasteiger charge is 2.62. The number of carboxylic acid groups (broad SMARTS) is 1. The number of urea groups is 1. The number of methoxy groups -OCH3 is 2. The average Bonchev–Trinajstić information content (AvgIpc) is 2.82. The van der Waals surface area contributed by atoms with Gasteiger partial charge in [0.2, 0.25) is 5.88 Å². The monoisotopic (exact) mass is 492 g/mol. The van der Waals surface area contributed by atoms with Crippen LogP contribution in [0, 0.1) is 0 Å². The number of hydrogen-bond donors (Lipinski definition) is 2. The van der Waals surface area contributed by atoms with Crippen molar-refractivity contribution < 1.29 is 33.0 Å². The minimum atomic E-state index is -3.13. The fraction of sp³-hybridized carbons (Fsp3) is 0.500. The normalized spacial score (nSPS) is 16.5. The fourth-order valence-electron chi connectivity index (χ4n) is 4.12. The summed E-state index contributed by atoms with van der Waals surface area (Å²) >= 11 is 0. The predicted molar refractivity (Wildman–Crippen MR) is 123 cm³/mol. The Morgan fingerprint density at radius 2 is 1.83 bits per heavy atom. The molecule has 1 aromatic heterocycles. The molecule has 0 aliphatic heterocycles. The Hall–Kier alpha value is -3.50. The highest BCUT2D eigenvalue weighted by atomic mass is 19.3. The van der Waals surface area contributed by atoms with E-state index in [2.05, 4.69) is 15.3 Å². The van der Waals surface area contributed by atoms with E-state index in [1.165, 1.54) is 19.1 Å². The Morgan fingerprint density at radius 3 is 2.40 bits per heavy atom. The largest absolute Gasteiger partial charge is 0.481 e. The smallest absolute Gasteiger partial charge is 0.329 e. The van der Waals surface area contributed by atoms with Crippen molar-refractivity contribution in [2.75, 3.05) is 20.8 Å². The summed E-state index contributed by atoms with van der Waals surface area (Å²) in [4.78, 5) is 34.8. The van der Waals surface area contributed by atoms with E-state index in [-0.39, 0.29) is 18.4 Å². The van der Waals surface area contributed by atoms with Crippen LogP contribution < -0.4 is 14.8 Å². The Labute approximate surface area is 202 Å². The molecule has 1 saturated carbocycles. The molecule has 0 spiro atoms. The summed E-state index contributed by atoms with van der Waals surface area (Å²) in [6.07, 6.45) is 0.255. The SMILES string of the molecule is COc1cc(C(C)N(CCCCc2ccccc2)C(=O)NC2(C(=O)O)CC(F)(F)C2)nc(OC)n1. The molecule has 0 radical (unpaired) electrons. The quantitative estimate of drug-likeness (QED) is 0.458. The number of carbonyl (C=O) groups excluding carboxylic acids is 1. The van der Waals surface area contributed by atoms with E-state index in [0.29, 0.717) is 12.1 Å². The van der Waals surface area contributed by atoms with Crippen molar-refractivity contribution in [1.29, 1.82) is 0 Å². The maximum atomic E-state index is 13.6. The van der Waals surface area contributed by atoms with Crippen LogP contribution in [0.5, 0.6) is 11.9 Å². The zero-order chi connectivity index (χ0) is 25.6. The molecule has 2 N–H and O–H groups in total. The lowest BCUT2D eigenvalue weighted by Gasteiger charge is -2.45. The Morgan fingerprint density at radius 1 is 1.14 bits per heavy atom. The van der Waals surface area contributed by atoms with Crippen LogP contribution in [0.4, 0.5) is 13.6 Å². The van der Waals surface area contributed by atoms with Gasteiger partial charge in [0.1, 0.15) is 0 Å². The summed E-state index contributed by atoms with van der Waals surface area (Å²) in [5.41, 5.74) is -0.456. The van der Waals surface area contributed by atoms with E-state index in [4.69, 9.17) is 9.47 Å². The number of aliphatic carboxylic acids is 1. The number of rotatable bonds is 11. The second-order valence-corrected chi connectivity index (χ2v) is 8.66. The minimum absolute atomic E-state index is 0.0382. The molecule has 2 aromatic rings. The molecule has 2 amide bonds. The molecule has 0 saturated heterocycles. The molecular weight excluding hydrogens is 462 g/mol. The molecule has 1 atom stereocenters. The zero-order valence-corrected chi connectivity index (χ0v) is 20.0. The van der Waals surface area contributed by atoms with Gasteiger partial charge < -0.3 is 24.8 Å². The maximum Gasteiger partial charge on any atom is 0.329 e. The minimum Gasteiger partial charge on any atom is -0.481 e. The highest BCUT2D eigenvalue weighted by Crippen LogP contribution is 2.46. The van der Waals surface area contributed by atoms with Gasteiger partial charge in [-0.2, -0.15) is 9.97 Å². The number of amides is 2. The van der Waals surface area contributed by atoms with E-state index >= 15 is 0 Å². The van der Waals surface area contributed by atoms with Crippen molar-refractivity contribution in [1.82, 2.24) is 20.2 Å². The van der Waals surface area contributed by atoms with Gasteiger partial charge in [-0.1, -0.05) is 30.3 Å². The van der Waals surface area contributed by atoms with Crippen LogP contribution in [0.15, 0.2) is 36.4 Å². The molecule has 9 nitrogen and oxygen atoms in total. The number of carbonyl (C=O) groups is 2. The van der Waals surface area contributed by atoms with Crippen LogP contribution >= 0.6 is 0 Å². The average molecular weight is 493 g/mol.